The van der Waals surface area contributed by atoms with E-state index in [0.717, 1.165) is 67.3 Å². The highest BCUT2D eigenvalue weighted by molar-refractivity contribution is 5.98. The van der Waals surface area contributed by atoms with E-state index in [-0.39, 0.29) is 12.4 Å². The fourth-order valence-electron chi connectivity index (χ4n) is 4.97. The van der Waals surface area contributed by atoms with Crippen molar-refractivity contribution in [1.82, 2.24) is 19.2 Å². The third kappa shape index (κ3) is 6.03. The Morgan fingerprint density at radius 2 is 1.76 bits per heavy atom. The standard InChI is InChI=1S/C32H34N4O2/c1-24-6-8-28(21-27(24)10-11-30-22-33-32-5-3-4-12-36(30)32)31(38)20-26-7-9-29(25(2)19-26)23-35-15-13-34(14-16-35)17-18-37/h3-9,12,19,21-22,37H,13-18,20,23H2,1-2H3. The van der Waals surface area contributed by atoms with Gasteiger partial charge in [0.2, 0.25) is 0 Å². The van der Waals surface area contributed by atoms with E-state index in [1.165, 1.54) is 11.1 Å². The molecule has 4 aromatic rings. The highest BCUT2D eigenvalue weighted by atomic mass is 16.3. The number of Topliss-reactive ketones (excluding diaryl/α,β-unsaturated/α-hetero) is 1. The molecule has 2 aromatic carbocycles. The maximum atomic E-state index is 13.2. The van der Waals surface area contributed by atoms with Crippen molar-refractivity contribution in [2.75, 3.05) is 39.3 Å². The first-order chi connectivity index (χ1) is 18.5. The van der Waals surface area contributed by atoms with Gasteiger partial charge in [0.15, 0.2) is 5.78 Å². The number of imidazole rings is 1. The van der Waals surface area contributed by atoms with Gasteiger partial charge in [-0.15, -0.1) is 0 Å². The van der Waals surface area contributed by atoms with Gasteiger partial charge >= 0.3 is 0 Å². The number of fused-ring (bicyclic) bond motifs is 1. The predicted octanol–water partition coefficient (Wildman–Crippen LogP) is 3.89. The van der Waals surface area contributed by atoms with Gasteiger partial charge in [0.25, 0.3) is 0 Å². The summed E-state index contributed by atoms with van der Waals surface area (Å²) in [6, 6.07) is 18.0. The Hall–Kier alpha value is -3.76. The van der Waals surface area contributed by atoms with Crippen LogP contribution in [0.1, 0.15) is 43.9 Å². The number of aromatic nitrogens is 2. The molecule has 0 unspecified atom stereocenters. The number of aliphatic hydroxyl groups excluding tert-OH is 1. The lowest BCUT2D eigenvalue weighted by atomic mass is 9.96. The fraction of sp³-hybridized carbons (Fsp3) is 0.312. The number of benzene rings is 2. The number of aryl methyl sites for hydroxylation is 2. The molecule has 1 fully saturated rings. The van der Waals surface area contributed by atoms with Crippen molar-refractivity contribution in [3.63, 3.8) is 0 Å². The van der Waals surface area contributed by atoms with Crippen molar-refractivity contribution < 1.29 is 9.90 Å². The second kappa shape index (κ2) is 11.7. The Balaban J connectivity index is 1.25. The number of piperazine rings is 1. The maximum Gasteiger partial charge on any atom is 0.167 e. The van der Waals surface area contributed by atoms with Crippen molar-refractivity contribution in [3.8, 4) is 11.8 Å². The summed E-state index contributed by atoms with van der Waals surface area (Å²) in [5, 5.41) is 9.15. The zero-order valence-corrected chi connectivity index (χ0v) is 22.2. The van der Waals surface area contributed by atoms with Crippen molar-refractivity contribution in [3.05, 3.63) is 106 Å². The minimum absolute atomic E-state index is 0.0926. The van der Waals surface area contributed by atoms with Gasteiger partial charge in [-0.25, -0.2) is 4.98 Å². The van der Waals surface area contributed by atoms with E-state index < -0.39 is 0 Å². The van der Waals surface area contributed by atoms with Gasteiger partial charge < -0.3 is 5.11 Å². The van der Waals surface area contributed by atoms with Crippen LogP contribution < -0.4 is 0 Å². The number of carbonyl (C=O) groups is 1. The van der Waals surface area contributed by atoms with Crippen molar-refractivity contribution in [2.24, 2.45) is 0 Å². The summed E-state index contributed by atoms with van der Waals surface area (Å²) < 4.78 is 1.96. The van der Waals surface area contributed by atoms with Crippen LogP contribution in [0.5, 0.6) is 0 Å². The third-order valence-corrected chi connectivity index (χ3v) is 7.35. The van der Waals surface area contributed by atoms with E-state index >= 15 is 0 Å². The highest BCUT2D eigenvalue weighted by Crippen LogP contribution is 2.18. The summed E-state index contributed by atoms with van der Waals surface area (Å²) in [6.07, 6.45) is 4.09. The largest absolute Gasteiger partial charge is 0.395 e. The Morgan fingerprint density at radius 1 is 0.947 bits per heavy atom. The van der Waals surface area contributed by atoms with Gasteiger partial charge in [-0.05, 0) is 60.2 Å². The quantitative estimate of drug-likeness (QED) is 0.305. The molecule has 0 spiro atoms. The normalized spacial score (nSPS) is 14.4. The highest BCUT2D eigenvalue weighted by Gasteiger charge is 2.17. The molecule has 2 aromatic heterocycles. The molecule has 38 heavy (non-hydrogen) atoms. The summed E-state index contributed by atoms with van der Waals surface area (Å²) in [4.78, 5) is 22.4. The number of ketones is 1. The number of rotatable bonds is 7. The number of β-amino-alcohol motifs (C(OH)–C–C–N with tert-alkyl or cyclic N) is 1. The number of aliphatic hydroxyl groups is 1. The van der Waals surface area contributed by atoms with E-state index in [0.29, 0.717) is 12.0 Å². The van der Waals surface area contributed by atoms with Gasteiger partial charge in [0.1, 0.15) is 11.3 Å². The van der Waals surface area contributed by atoms with Gasteiger partial charge in [-0.3, -0.25) is 19.0 Å². The van der Waals surface area contributed by atoms with Crippen LogP contribution in [-0.4, -0.2) is 69.4 Å². The lowest BCUT2D eigenvalue weighted by Gasteiger charge is -2.34. The number of nitrogens with zero attached hydrogens (tertiary/aromatic N) is 4. The molecule has 1 N–H and O–H groups in total. The van der Waals surface area contributed by atoms with E-state index in [2.05, 4.69) is 51.7 Å². The predicted molar refractivity (Wildman–Crippen MR) is 150 cm³/mol. The van der Waals surface area contributed by atoms with Crippen molar-refractivity contribution >= 4 is 11.4 Å². The molecular weight excluding hydrogens is 472 g/mol. The molecule has 0 bridgehead atoms. The molecule has 194 valence electrons. The molecule has 1 aliphatic heterocycles. The molecule has 3 heterocycles. The molecule has 0 radical (unpaired) electrons. The second-order valence-corrected chi connectivity index (χ2v) is 10.1. The van der Waals surface area contributed by atoms with Crippen LogP contribution in [0.4, 0.5) is 0 Å². The molecule has 6 nitrogen and oxygen atoms in total. The van der Waals surface area contributed by atoms with Crippen LogP contribution in [0.2, 0.25) is 0 Å². The van der Waals surface area contributed by atoms with E-state index in [1.807, 2.05) is 53.9 Å². The molecule has 6 heteroatoms. The van der Waals surface area contributed by atoms with Crippen LogP contribution >= 0.6 is 0 Å². The average molecular weight is 507 g/mol. The van der Waals surface area contributed by atoms with Crippen molar-refractivity contribution in [2.45, 2.75) is 26.8 Å². The van der Waals surface area contributed by atoms with Crippen LogP contribution in [0.3, 0.4) is 0 Å². The maximum absolute atomic E-state index is 13.2. The smallest absolute Gasteiger partial charge is 0.167 e. The monoisotopic (exact) mass is 506 g/mol. The number of carbonyl (C=O) groups excluding carboxylic acids is 1. The Bertz CT molecular complexity index is 1500. The summed E-state index contributed by atoms with van der Waals surface area (Å²) in [5.41, 5.74) is 7.81. The van der Waals surface area contributed by atoms with E-state index in [9.17, 15) is 4.79 Å². The Morgan fingerprint density at radius 3 is 2.55 bits per heavy atom. The van der Waals surface area contributed by atoms with Crippen LogP contribution in [-0.2, 0) is 13.0 Å². The zero-order valence-electron chi connectivity index (χ0n) is 22.2. The van der Waals surface area contributed by atoms with Gasteiger partial charge in [-0.2, -0.15) is 0 Å². The van der Waals surface area contributed by atoms with E-state index in [4.69, 9.17) is 5.11 Å². The molecular formula is C32H34N4O2. The summed E-state index contributed by atoms with van der Waals surface area (Å²) in [5.74, 6) is 6.56. The first kappa shape index (κ1) is 25.9. The van der Waals surface area contributed by atoms with Crippen LogP contribution in [0, 0.1) is 25.7 Å². The van der Waals surface area contributed by atoms with Gasteiger partial charge in [0.05, 0.1) is 12.8 Å². The van der Waals surface area contributed by atoms with Crippen molar-refractivity contribution in [1.29, 1.82) is 0 Å². The Kier molecular flexibility index (Phi) is 8.00. The van der Waals surface area contributed by atoms with Gasteiger partial charge in [0, 0.05) is 63.0 Å². The topological polar surface area (TPSA) is 61.1 Å². The lowest BCUT2D eigenvalue weighted by Crippen LogP contribution is -2.46. The zero-order chi connectivity index (χ0) is 26.5. The summed E-state index contributed by atoms with van der Waals surface area (Å²) in [7, 11) is 0. The molecule has 0 atom stereocenters. The first-order valence-corrected chi connectivity index (χ1v) is 13.2. The molecule has 0 aliphatic carbocycles. The van der Waals surface area contributed by atoms with Crippen LogP contribution in [0.25, 0.3) is 5.65 Å². The fourth-order valence-corrected chi connectivity index (χ4v) is 4.97. The number of hydrogen-bond donors (Lipinski definition) is 1. The number of pyridine rings is 1. The Labute approximate surface area is 224 Å². The minimum Gasteiger partial charge on any atom is -0.395 e. The first-order valence-electron chi connectivity index (χ1n) is 13.2. The second-order valence-electron chi connectivity index (χ2n) is 10.1. The number of hydrogen-bond acceptors (Lipinski definition) is 5. The molecule has 5 rings (SSSR count). The molecule has 0 amide bonds. The SMILES string of the molecule is Cc1ccc(C(=O)Cc2ccc(CN3CCN(CCO)CC3)c(C)c2)cc1C#Cc1cnc2ccccn12. The third-order valence-electron chi connectivity index (χ3n) is 7.35. The molecule has 0 saturated carbocycles. The average Bonchev–Trinajstić information content (AvgIpc) is 3.34. The molecule has 1 saturated heterocycles. The van der Waals surface area contributed by atoms with E-state index in [1.54, 1.807) is 6.20 Å². The lowest BCUT2D eigenvalue weighted by molar-refractivity contribution is 0.0993. The van der Waals surface area contributed by atoms with Crippen LogP contribution in [0.15, 0.2) is 67.0 Å². The summed E-state index contributed by atoms with van der Waals surface area (Å²) >= 11 is 0. The minimum atomic E-state index is 0.0926. The molecule has 1 aliphatic rings. The van der Waals surface area contributed by atoms with Gasteiger partial charge in [-0.1, -0.05) is 42.3 Å². The summed E-state index contributed by atoms with van der Waals surface area (Å²) in [6.45, 7) is 10.0.